The normalized spacial score (nSPS) is 15.8. The number of H-pyrrole nitrogens is 1. The van der Waals surface area contributed by atoms with Gasteiger partial charge in [0, 0.05) is 36.4 Å². The molecule has 0 unspecified atom stereocenters. The van der Waals surface area contributed by atoms with Crippen molar-refractivity contribution in [3.8, 4) is 11.4 Å². The second-order valence-electron chi connectivity index (χ2n) is 6.01. The number of hydrogen-bond acceptors (Lipinski definition) is 4. The van der Waals surface area contributed by atoms with Crippen molar-refractivity contribution in [2.24, 2.45) is 0 Å². The van der Waals surface area contributed by atoms with Crippen molar-refractivity contribution in [2.45, 2.75) is 25.3 Å². The molecule has 7 heteroatoms. The monoisotopic (exact) mass is 326 g/mol. The van der Waals surface area contributed by atoms with E-state index in [4.69, 9.17) is 4.74 Å². The number of carbonyl (C=O) groups is 1. The lowest BCUT2D eigenvalue weighted by Crippen LogP contribution is -2.16. The largest absolute Gasteiger partial charge is 0.480 e. The Hall–Kier alpha value is -2.67. The molecule has 7 nitrogen and oxygen atoms in total. The Kier molecular flexibility index (Phi) is 3.78. The van der Waals surface area contributed by atoms with Gasteiger partial charge in [-0.05, 0) is 30.4 Å². The van der Waals surface area contributed by atoms with E-state index < -0.39 is 5.97 Å². The van der Waals surface area contributed by atoms with Gasteiger partial charge in [0.1, 0.15) is 6.54 Å². The van der Waals surface area contributed by atoms with E-state index in [9.17, 15) is 9.90 Å². The van der Waals surface area contributed by atoms with Crippen LogP contribution in [0.15, 0.2) is 30.5 Å². The third-order valence-corrected chi connectivity index (χ3v) is 4.37. The summed E-state index contributed by atoms with van der Waals surface area (Å²) in [6.07, 6.45) is 3.61. The molecule has 0 saturated carbocycles. The molecule has 2 N–H and O–H groups in total. The Balaban J connectivity index is 1.76. The van der Waals surface area contributed by atoms with Crippen LogP contribution in [-0.4, -0.2) is 44.0 Å². The number of rotatable bonds is 4. The summed E-state index contributed by atoms with van der Waals surface area (Å²) in [7, 11) is 0. The summed E-state index contributed by atoms with van der Waals surface area (Å²) < 4.78 is 6.87. The molecule has 0 amide bonds. The van der Waals surface area contributed by atoms with Crippen molar-refractivity contribution in [3.05, 3.63) is 36.3 Å². The minimum absolute atomic E-state index is 0.200. The van der Waals surface area contributed by atoms with Gasteiger partial charge in [0.25, 0.3) is 0 Å². The van der Waals surface area contributed by atoms with Gasteiger partial charge in [0.15, 0.2) is 11.6 Å². The Bertz CT molecular complexity index is 877. The number of fused-ring (bicyclic) bond motifs is 1. The number of carboxylic acid groups (broad SMARTS) is 1. The molecule has 1 aliphatic heterocycles. The SMILES string of the molecule is O=C(O)Cn1nc(C2CCOCC2)nc1-c1ccc2cc[nH]c2c1. The molecule has 1 saturated heterocycles. The molecule has 1 aromatic carbocycles. The molecule has 3 heterocycles. The average Bonchev–Trinajstić information content (AvgIpc) is 3.21. The van der Waals surface area contributed by atoms with Gasteiger partial charge in [0.2, 0.25) is 0 Å². The number of ether oxygens (including phenoxy) is 1. The van der Waals surface area contributed by atoms with Gasteiger partial charge in [-0.15, -0.1) is 0 Å². The summed E-state index contributed by atoms with van der Waals surface area (Å²) in [5.74, 6) is 0.596. The standard InChI is InChI=1S/C17H18N4O3/c22-15(23)10-21-17(13-2-1-11-3-6-18-14(11)9-13)19-16(20-21)12-4-7-24-8-5-12/h1-3,6,9,12,18H,4-5,7-8,10H2,(H,22,23). The zero-order chi connectivity index (χ0) is 16.5. The zero-order valence-corrected chi connectivity index (χ0v) is 13.1. The Labute approximate surface area is 138 Å². The Morgan fingerprint density at radius 1 is 1.33 bits per heavy atom. The van der Waals surface area contributed by atoms with Crippen LogP contribution < -0.4 is 0 Å². The molecular weight excluding hydrogens is 308 g/mol. The first kappa shape index (κ1) is 14.9. The number of hydrogen-bond donors (Lipinski definition) is 2. The molecule has 1 fully saturated rings. The van der Waals surface area contributed by atoms with Crippen LogP contribution in [0.5, 0.6) is 0 Å². The van der Waals surface area contributed by atoms with Gasteiger partial charge >= 0.3 is 5.97 Å². The van der Waals surface area contributed by atoms with Crippen molar-refractivity contribution >= 4 is 16.9 Å². The fraction of sp³-hybridized carbons (Fsp3) is 0.353. The summed E-state index contributed by atoms with van der Waals surface area (Å²) in [5.41, 5.74) is 1.85. The van der Waals surface area contributed by atoms with E-state index >= 15 is 0 Å². The van der Waals surface area contributed by atoms with Crippen LogP contribution >= 0.6 is 0 Å². The molecular formula is C17H18N4O3. The Morgan fingerprint density at radius 2 is 2.17 bits per heavy atom. The van der Waals surface area contributed by atoms with Gasteiger partial charge in [-0.1, -0.05) is 12.1 Å². The molecule has 0 bridgehead atoms. The van der Waals surface area contributed by atoms with Crippen LogP contribution in [0.2, 0.25) is 0 Å². The highest BCUT2D eigenvalue weighted by Gasteiger charge is 2.23. The fourth-order valence-corrected chi connectivity index (χ4v) is 3.13. The highest BCUT2D eigenvalue weighted by molar-refractivity contribution is 5.83. The third kappa shape index (κ3) is 2.78. The maximum atomic E-state index is 11.2. The van der Waals surface area contributed by atoms with Crippen molar-refractivity contribution in [3.63, 3.8) is 0 Å². The van der Waals surface area contributed by atoms with Crippen LogP contribution in [0.1, 0.15) is 24.6 Å². The number of aromatic amines is 1. The van der Waals surface area contributed by atoms with E-state index in [0.29, 0.717) is 24.9 Å². The van der Waals surface area contributed by atoms with Crippen LogP contribution in [0.4, 0.5) is 0 Å². The van der Waals surface area contributed by atoms with Gasteiger partial charge in [-0.25, -0.2) is 9.67 Å². The first-order chi connectivity index (χ1) is 11.7. The smallest absolute Gasteiger partial charge is 0.325 e. The average molecular weight is 326 g/mol. The number of aromatic nitrogens is 4. The maximum Gasteiger partial charge on any atom is 0.325 e. The van der Waals surface area contributed by atoms with E-state index in [0.717, 1.165) is 29.3 Å². The van der Waals surface area contributed by atoms with Crippen molar-refractivity contribution in [1.29, 1.82) is 0 Å². The van der Waals surface area contributed by atoms with Gasteiger partial charge in [-0.2, -0.15) is 5.10 Å². The zero-order valence-electron chi connectivity index (χ0n) is 13.1. The molecule has 0 aliphatic carbocycles. The molecule has 24 heavy (non-hydrogen) atoms. The van der Waals surface area contributed by atoms with E-state index in [-0.39, 0.29) is 12.5 Å². The van der Waals surface area contributed by atoms with E-state index in [2.05, 4.69) is 15.1 Å². The lowest BCUT2D eigenvalue weighted by atomic mass is 10.00. The molecule has 2 aromatic heterocycles. The fourth-order valence-electron chi connectivity index (χ4n) is 3.13. The molecule has 1 aliphatic rings. The number of aliphatic carboxylic acids is 1. The van der Waals surface area contributed by atoms with E-state index in [1.807, 2.05) is 30.5 Å². The van der Waals surface area contributed by atoms with Crippen molar-refractivity contribution in [2.75, 3.05) is 13.2 Å². The molecule has 4 rings (SSSR count). The molecule has 0 atom stereocenters. The first-order valence-corrected chi connectivity index (χ1v) is 8.02. The van der Waals surface area contributed by atoms with Crippen LogP contribution in [-0.2, 0) is 16.1 Å². The van der Waals surface area contributed by atoms with E-state index in [1.165, 1.54) is 4.68 Å². The predicted molar refractivity (Wildman–Crippen MR) is 87.7 cm³/mol. The lowest BCUT2D eigenvalue weighted by Gasteiger charge is -2.18. The van der Waals surface area contributed by atoms with Gasteiger partial charge in [-0.3, -0.25) is 4.79 Å². The lowest BCUT2D eigenvalue weighted by molar-refractivity contribution is -0.137. The number of nitrogens with one attached hydrogen (secondary N) is 1. The Morgan fingerprint density at radius 3 is 2.96 bits per heavy atom. The minimum Gasteiger partial charge on any atom is -0.480 e. The van der Waals surface area contributed by atoms with Crippen LogP contribution in [0.25, 0.3) is 22.3 Å². The van der Waals surface area contributed by atoms with Crippen LogP contribution in [0.3, 0.4) is 0 Å². The maximum absolute atomic E-state index is 11.2. The van der Waals surface area contributed by atoms with Gasteiger partial charge in [0.05, 0.1) is 0 Å². The predicted octanol–water partition coefficient (Wildman–Crippen LogP) is 2.41. The summed E-state index contributed by atoms with van der Waals surface area (Å²) in [6, 6.07) is 7.92. The van der Waals surface area contributed by atoms with E-state index in [1.54, 1.807) is 0 Å². The summed E-state index contributed by atoms with van der Waals surface area (Å²) in [4.78, 5) is 19.0. The highest BCUT2D eigenvalue weighted by Crippen LogP contribution is 2.28. The van der Waals surface area contributed by atoms with Gasteiger partial charge < -0.3 is 14.8 Å². The van der Waals surface area contributed by atoms with Crippen LogP contribution in [0, 0.1) is 0 Å². The number of carboxylic acids is 1. The topological polar surface area (TPSA) is 93.0 Å². The van der Waals surface area contributed by atoms with Crippen molar-refractivity contribution in [1.82, 2.24) is 19.7 Å². The second kappa shape index (κ2) is 6.09. The second-order valence-corrected chi connectivity index (χ2v) is 6.01. The molecule has 0 spiro atoms. The van der Waals surface area contributed by atoms with Crippen molar-refractivity contribution < 1.29 is 14.6 Å². The summed E-state index contributed by atoms with van der Waals surface area (Å²) in [5, 5.41) is 14.8. The minimum atomic E-state index is -0.930. The molecule has 0 radical (unpaired) electrons. The summed E-state index contributed by atoms with van der Waals surface area (Å²) >= 11 is 0. The number of benzene rings is 1. The molecule has 3 aromatic rings. The highest BCUT2D eigenvalue weighted by atomic mass is 16.5. The first-order valence-electron chi connectivity index (χ1n) is 8.02. The number of nitrogens with zero attached hydrogens (tertiary/aromatic N) is 3. The molecule has 124 valence electrons. The quantitative estimate of drug-likeness (QED) is 0.768. The third-order valence-electron chi connectivity index (χ3n) is 4.37. The summed E-state index contributed by atoms with van der Waals surface area (Å²) in [6.45, 7) is 1.19.